The van der Waals surface area contributed by atoms with Crippen LogP contribution in [0.25, 0.3) is 0 Å². The molecule has 0 aliphatic heterocycles. The van der Waals surface area contributed by atoms with E-state index in [1.54, 1.807) is 17.9 Å². The van der Waals surface area contributed by atoms with Gasteiger partial charge in [0, 0.05) is 18.8 Å². The van der Waals surface area contributed by atoms with E-state index in [2.05, 4.69) is 10.4 Å². The lowest BCUT2D eigenvalue weighted by molar-refractivity contribution is 0.102. The molecule has 5 nitrogen and oxygen atoms in total. The number of aryl methyl sites for hydroxylation is 2. The van der Waals surface area contributed by atoms with Gasteiger partial charge >= 0.3 is 0 Å². The summed E-state index contributed by atoms with van der Waals surface area (Å²) < 4.78 is 1.65. The molecular weight excluding hydrogens is 299 g/mol. The second-order valence-electron chi connectivity index (χ2n) is 4.33. The van der Waals surface area contributed by atoms with Crippen molar-refractivity contribution in [1.82, 2.24) is 9.78 Å². The number of carbonyl (C=O) groups is 1. The number of nitrogens with zero attached hydrogens (tertiary/aromatic N) is 2. The Hall–Kier alpha value is -1.72. The molecule has 0 aliphatic carbocycles. The molecule has 0 saturated heterocycles. The van der Waals surface area contributed by atoms with Crippen molar-refractivity contribution in [3.63, 3.8) is 0 Å². The SMILES string of the molecule is CCc1nn(C)cc1NC(=O)c1cc(N)c(Cl)c(Cl)c1. The molecule has 0 fully saturated rings. The van der Waals surface area contributed by atoms with Gasteiger partial charge < -0.3 is 11.1 Å². The average Bonchev–Trinajstić information content (AvgIpc) is 2.75. The normalized spacial score (nSPS) is 10.6. The Morgan fingerprint density at radius 1 is 1.45 bits per heavy atom. The zero-order valence-electron chi connectivity index (χ0n) is 11.1. The Balaban J connectivity index is 2.28. The van der Waals surface area contributed by atoms with E-state index in [4.69, 9.17) is 28.9 Å². The number of hydrogen-bond donors (Lipinski definition) is 2. The summed E-state index contributed by atoms with van der Waals surface area (Å²) >= 11 is 11.8. The van der Waals surface area contributed by atoms with Crippen LogP contribution in [-0.4, -0.2) is 15.7 Å². The van der Waals surface area contributed by atoms with Gasteiger partial charge in [-0.2, -0.15) is 5.10 Å². The first-order chi connectivity index (χ1) is 9.42. The van der Waals surface area contributed by atoms with Crippen molar-refractivity contribution in [2.24, 2.45) is 7.05 Å². The fourth-order valence-corrected chi connectivity index (χ4v) is 2.17. The van der Waals surface area contributed by atoms with E-state index in [9.17, 15) is 4.79 Å². The molecule has 0 unspecified atom stereocenters. The highest BCUT2D eigenvalue weighted by Crippen LogP contribution is 2.29. The molecule has 2 aromatic rings. The van der Waals surface area contributed by atoms with Crippen molar-refractivity contribution in [2.45, 2.75) is 13.3 Å². The Labute approximate surface area is 126 Å². The predicted octanol–water partition coefficient (Wildman–Crippen LogP) is 3.12. The minimum Gasteiger partial charge on any atom is -0.397 e. The third kappa shape index (κ3) is 2.89. The van der Waals surface area contributed by atoms with E-state index in [0.29, 0.717) is 11.3 Å². The van der Waals surface area contributed by atoms with Crippen LogP contribution in [-0.2, 0) is 13.5 Å². The highest BCUT2D eigenvalue weighted by atomic mass is 35.5. The molecule has 1 aromatic carbocycles. The summed E-state index contributed by atoms with van der Waals surface area (Å²) in [4.78, 5) is 12.2. The van der Waals surface area contributed by atoms with E-state index >= 15 is 0 Å². The fourth-order valence-electron chi connectivity index (χ4n) is 1.84. The van der Waals surface area contributed by atoms with Crippen molar-refractivity contribution >= 4 is 40.5 Å². The first-order valence-corrected chi connectivity index (χ1v) is 6.76. The van der Waals surface area contributed by atoms with Crippen LogP contribution in [0.3, 0.4) is 0 Å². The Kier molecular flexibility index (Phi) is 4.20. The van der Waals surface area contributed by atoms with Gasteiger partial charge in [-0.3, -0.25) is 9.48 Å². The maximum atomic E-state index is 12.2. The van der Waals surface area contributed by atoms with E-state index < -0.39 is 0 Å². The Morgan fingerprint density at radius 3 is 2.75 bits per heavy atom. The number of hydrogen-bond acceptors (Lipinski definition) is 3. The van der Waals surface area contributed by atoms with Crippen molar-refractivity contribution in [3.05, 3.63) is 39.6 Å². The van der Waals surface area contributed by atoms with Gasteiger partial charge in [-0.15, -0.1) is 0 Å². The predicted molar refractivity (Wildman–Crippen MR) is 81.4 cm³/mol. The molecule has 1 aromatic heterocycles. The van der Waals surface area contributed by atoms with Gasteiger partial charge in [-0.25, -0.2) is 0 Å². The van der Waals surface area contributed by atoms with E-state index in [-0.39, 0.29) is 21.6 Å². The standard InChI is InChI=1S/C13H14Cl2N4O/c1-3-10-11(6-19(2)18-10)17-13(20)7-4-8(14)12(15)9(16)5-7/h4-6H,3,16H2,1-2H3,(H,17,20). The van der Waals surface area contributed by atoms with Crippen molar-refractivity contribution in [2.75, 3.05) is 11.1 Å². The summed E-state index contributed by atoms with van der Waals surface area (Å²) in [6, 6.07) is 2.98. The second kappa shape index (κ2) is 5.73. The number of carbonyl (C=O) groups excluding carboxylic acids is 1. The Morgan fingerprint density at radius 2 is 2.15 bits per heavy atom. The number of benzene rings is 1. The summed E-state index contributed by atoms with van der Waals surface area (Å²) in [6.07, 6.45) is 2.47. The van der Waals surface area contributed by atoms with Gasteiger partial charge in [0.25, 0.3) is 5.91 Å². The molecule has 0 bridgehead atoms. The number of nitrogens with two attached hydrogens (primary N) is 1. The van der Waals surface area contributed by atoms with Crippen LogP contribution in [0.2, 0.25) is 10.0 Å². The average molecular weight is 313 g/mol. The molecule has 106 valence electrons. The largest absolute Gasteiger partial charge is 0.397 e. The van der Waals surface area contributed by atoms with Crippen LogP contribution in [0.15, 0.2) is 18.3 Å². The zero-order valence-corrected chi connectivity index (χ0v) is 12.6. The molecule has 2 rings (SSSR count). The van der Waals surface area contributed by atoms with Gasteiger partial charge in [-0.1, -0.05) is 30.1 Å². The summed E-state index contributed by atoms with van der Waals surface area (Å²) in [6.45, 7) is 1.97. The third-order valence-corrected chi connectivity index (χ3v) is 3.62. The molecule has 20 heavy (non-hydrogen) atoms. The minimum absolute atomic E-state index is 0.249. The molecule has 0 aliphatic rings. The van der Waals surface area contributed by atoms with Crippen molar-refractivity contribution in [1.29, 1.82) is 0 Å². The van der Waals surface area contributed by atoms with Crippen LogP contribution in [0.4, 0.5) is 11.4 Å². The summed E-state index contributed by atoms with van der Waals surface area (Å²) in [7, 11) is 1.80. The summed E-state index contributed by atoms with van der Waals surface area (Å²) in [5.74, 6) is -0.307. The van der Waals surface area contributed by atoms with E-state index in [0.717, 1.165) is 12.1 Å². The molecule has 0 saturated carbocycles. The lowest BCUT2D eigenvalue weighted by Crippen LogP contribution is -2.13. The third-order valence-electron chi connectivity index (χ3n) is 2.81. The number of nitrogens with one attached hydrogen (secondary N) is 1. The van der Waals surface area contributed by atoms with Crippen molar-refractivity contribution < 1.29 is 4.79 Å². The Bertz CT molecular complexity index is 643. The van der Waals surface area contributed by atoms with Gasteiger partial charge in [-0.05, 0) is 18.6 Å². The van der Waals surface area contributed by atoms with Gasteiger partial charge in [0.05, 0.1) is 27.1 Å². The topological polar surface area (TPSA) is 72.9 Å². The maximum Gasteiger partial charge on any atom is 0.255 e. The zero-order chi connectivity index (χ0) is 14.9. The molecule has 7 heteroatoms. The van der Waals surface area contributed by atoms with Crippen LogP contribution in [0.5, 0.6) is 0 Å². The second-order valence-corrected chi connectivity index (χ2v) is 5.12. The van der Waals surface area contributed by atoms with E-state index in [1.165, 1.54) is 12.1 Å². The highest BCUT2D eigenvalue weighted by Gasteiger charge is 2.14. The van der Waals surface area contributed by atoms with Crippen LogP contribution in [0.1, 0.15) is 23.0 Å². The van der Waals surface area contributed by atoms with Crippen LogP contribution < -0.4 is 11.1 Å². The van der Waals surface area contributed by atoms with Crippen molar-refractivity contribution in [3.8, 4) is 0 Å². The molecule has 0 spiro atoms. The summed E-state index contributed by atoms with van der Waals surface area (Å²) in [5, 5.41) is 7.55. The molecule has 3 N–H and O–H groups in total. The van der Waals surface area contributed by atoms with E-state index in [1.807, 2.05) is 6.92 Å². The number of halogens is 2. The number of aromatic nitrogens is 2. The lowest BCUT2D eigenvalue weighted by atomic mass is 10.2. The molecular formula is C13H14Cl2N4O. The highest BCUT2D eigenvalue weighted by molar-refractivity contribution is 6.44. The summed E-state index contributed by atoms with van der Waals surface area (Å²) in [5.41, 5.74) is 7.80. The first kappa shape index (κ1) is 14.7. The number of rotatable bonds is 3. The number of anilines is 2. The monoisotopic (exact) mass is 312 g/mol. The van der Waals surface area contributed by atoms with Gasteiger partial charge in [0.2, 0.25) is 0 Å². The van der Waals surface area contributed by atoms with Crippen LogP contribution >= 0.6 is 23.2 Å². The first-order valence-electron chi connectivity index (χ1n) is 6.00. The quantitative estimate of drug-likeness (QED) is 0.855. The minimum atomic E-state index is -0.307. The number of nitrogen functional groups attached to an aromatic ring is 1. The molecule has 0 atom stereocenters. The molecule has 0 radical (unpaired) electrons. The molecule has 1 amide bonds. The molecule has 1 heterocycles. The fraction of sp³-hybridized carbons (Fsp3) is 0.231. The number of amides is 1. The maximum absolute atomic E-state index is 12.2. The lowest BCUT2D eigenvalue weighted by Gasteiger charge is -2.07. The van der Waals surface area contributed by atoms with Crippen LogP contribution in [0, 0.1) is 0 Å². The smallest absolute Gasteiger partial charge is 0.255 e. The van der Waals surface area contributed by atoms with Gasteiger partial charge in [0.1, 0.15) is 0 Å². The van der Waals surface area contributed by atoms with Gasteiger partial charge in [0.15, 0.2) is 0 Å².